The van der Waals surface area contributed by atoms with E-state index in [0.717, 1.165) is 10.0 Å². The first-order chi connectivity index (χ1) is 8.58. The van der Waals surface area contributed by atoms with Gasteiger partial charge in [-0.2, -0.15) is 0 Å². The van der Waals surface area contributed by atoms with E-state index in [9.17, 15) is 4.79 Å². The van der Waals surface area contributed by atoms with Crippen LogP contribution in [0.2, 0.25) is 5.15 Å². The average Bonchev–Trinajstić information content (AvgIpc) is 2.32. The second-order valence-electron chi connectivity index (χ2n) is 3.62. The van der Waals surface area contributed by atoms with Crippen LogP contribution in [0.3, 0.4) is 0 Å². The summed E-state index contributed by atoms with van der Waals surface area (Å²) in [7, 11) is 0. The van der Waals surface area contributed by atoms with Crippen molar-refractivity contribution in [1.82, 2.24) is 9.97 Å². The number of nitrogens with zero attached hydrogens (tertiary/aromatic N) is 2. The third kappa shape index (κ3) is 2.86. The molecule has 0 fully saturated rings. The molecular weight excluding hydrogens is 318 g/mol. The molecule has 0 saturated heterocycles. The van der Waals surface area contributed by atoms with Gasteiger partial charge in [-0.05, 0) is 34.5 Å². The van der Waals surface area contributed by atoms with E-state index in [1.54, 1.807) is 6.07 Å². The number of aromatic nitrogens is 2. The minimum absolute atomic E-state index is 0.233. The van der Waals surface area contributed by atoms with E-state index < -0.39 is 0 Å². The number of halogens is 2. The summed E-state index contributed by atoms with van der Waals surface area (Å²) in [6.45, 7) is 1.92. The number of aryl methyl sites for hydroxylation is 1. The Morgan fingerprint density at radius 1 is 1.39 bits per heavy atom. The van der Waals surface area contributed by atoms with Gasteiger partial charge < -0.3 is 5.32 Å². The predicted octanol–water partition coefficient (Wildman–Crippen LogP) is 3.45. The van der Waals surface area contributed by atoms with Crippen LogP contribution in [0, 0.1) is 6.92 Å². The summed E-state index contributed by atoms with van der Waals surface area (Å²) >= 11 is 9.08. The molecule has 2 aromatic rings. The first-order valence-electron chi connectivity index (χ1n) is 5.12. The fraction of sp³-hybridized carbons (Fsp3) is 0.0833. The van der Waals surface area contributed by atoms with Gasteiger partial charge in [0.15, 0.2) is 5.82 Å². The molecule has 6 heteroatoms. The highest BCUT2D eigenvalue weighted by Gasteiger charge is 2.12. The third-order valence-electron chi connectivity index (χ3n) is 2.28. The van der Waals surface area contributed by atoms with Gasteiger partial charge in [0.05, 0.1) is 18.0 Å². The average molecular weight is 327 g/mol. The molecule has 0 bridgehead atoms. The molecule has 1 N–H and O–H groups in total. The van der Waals surface area contributed by atoms with E-state index >= 15 is 0 Å². The van der Waals surface area contributed by atoms with Crippen LogP contribution in [0.25, 0.3) is 0 Å². The van der Waals surface area contributed by atoms with Crippen LogP contribution >= 0.6 is 27.5 Å². The molecule has 0 aliphatic carbocycles. The van der Waals surface area contributed by atoms with Crippen molar-refractivity contribution < 1.29 is 4.79 Å². The molecule has 4 nitrogen and oxygen atoms in total. The Morgan fingerprint density at radius 3 is 2.89 bits per heavy atom. The van der Waals surface area contributed by atoms with Crippen molar-refractivity contribution in [1.29, 1.82) is 0 Å². The van der Waals surface area contributed by atoms with Gasteiger partial charge in [0.1, 0.15) is 5.15 Å². The summed E-state index contributed by atoms with van der Waals surface area (Å²) in [4.78, 5) is 19.8. The molecule has 0 radical (unpaired) electrons. The minimum Gasteiger partial charge on any atom is -0.305 e. The molecule has 0 aliphatic rings. The summed E-state index contributed by atoms with van der Waals surface area (Å²) in [6.07, 6.45) is 2.84. The summed E-state index contributed by atoms with van der Waals surface area (Å²) in [6, 6.07) is 5.46. The monoisotopic (exact) mass is 325 g/mol. The van der Waals surface area contributed by atoms with E-state index in [4.69, 9.17) is 11.6 Å². The number of anilines is 1. The van der Waals surface area contributed by atoms with Crippen LogP contribution in [-0.4, -0.2) is 15.9 Å². The van der Waals surface area contributed by atoms with Crippen LogP contribution in [0.1, 0.15) is 15.9 Å². The fourth-order valence-electron chi connectivity index (χ4n) is 1.41. The van der Waals surface area contributed by atoms with Crippen molar-refractivity contribution in [3.63, 3.8) is 0 Å². The molecular formula is C12H9BrClN3O. The molecule has 18 heavy (non-hydrogen) atoms. The number of nitrogens with one attached hydrogen (secondary N) is 1. The lowest BCUT2D eigenvalue weighted by molar-refractivity contribution is 0.102. The van der Waals surface area contributed by atoms with Crippen molar-refractivity contribution in [2.75, 3.05) is 5.32 Å². The Bertz CT molecular complexity index is 604. The molecule has 0 unspecified atom stereocenters. The van der Waals surface area contributed by atoms with Gasteiger partial charge in [0, 0.05) is 4.47 Å². The lowest BCUT2D eigenvalue weighted by Gasteiger charge is -2.07. The van der Waals surface area contributed by atoms with Gasteiger partial charge in [-0.3, -0.25) is 9.78 Å². The molecule has 1 aromatic carbocycles. The van der Waals surface area contributed by atoms with Crippen LogP contribution in [0.4, 0.5) is 5.82 Å². The molecule has 1 amide bonds. The zero-order valence-corrected chi connectivity index (χ0v) is 11.8. The Hall–Kier alpha value is -1.46. The fourth-order valence-corrected chi connectivity index (χ4v) is 2.00. The Labute approximate surface area is 118 Å². The van der Waals surface area contributed by atoms with Crippen LogP contribution < -0.4 is 5.32 Å². The molecule has 1 heterocycles. The van der Waals surface area contributed by atoms with Gasteiger partial charge >= 0.3 is 0 Å². The number of benzene rings is 1. The van der Waals surface area contributed by atoms with E-state index in [0.29, 0.717) is 11.4 Å². The quantitative estimate of drug-likeness (QED) is 0.919. The highest BCUT2D eigenvalue weighted by molar-refractivity contribution is 9.10. The van der Waals surface area contributed by atoms with Crippen LogP contribution in [0.5, 0.6) is 0 Å². The Balaban J connectivity index is 2.25. The summed E-state index contributed by atoms with van der Waals surface area (Å²) in [5.74, 6) is 0.0584. The van der Waals surface area contributed by atoms with E-state index in [1.165, 1.54) is 12.4 Å². The van der Waals surface area contributed by atoms with Gasteiger partial charge in [-0.15, -0.1) is 0 Å². The molecule has 92 valence electrons. The van der Waals surface area contributed by atoms with Crippen molar-refractivity contribution >= 4 is 39.3 Å². The maximum absolute atomic E-state index is 12.0. The second kappa shape index (κ2) is 5.46. The summed E-state index contributed by atoms with van der Waals surface area (Å²) < 4.78 is 0.762. The number of rotatable bonds is 2. The Morgan fingerprint density at radius 2 is 2.17 bits per heavy atom. The number of amides is 1. The van der Waals surface area contributed by atoms with Crippen molar-refractivity contribution in [3.05, 3.63) is 51.3 Å². The van der Waals surface area contributed by atoms with Crippen LogP contribution in [0.15, 0.2) is 35.1 Å². The highest BCUT2D eigenvalue weighted by atomic mass is 79.9. The predicted molar refractivity (Wildman–Crippen MR) is 73.9 cm³/mol. The van der Waals surface area contributed by atoms with Crippen molar-refractivity contribution in [3.8, 4) is 0 Å². The van der Waals surface area contributed by atoms with Crippen LogP contribution in [-0.2, 0) is 0 Å². The van der Waals surface area contributed by atoms with Gasteiger partial charge in [0.25, 0.3) is 5.91 Å². The normalized spacial score (nSPS) is 10.2. The number of carbonyl (C=O) groups is 1. The van der Waals surface area contributed by atoms with Crippen molar-refractivity contribution in [2.45, 2.75) is 6.92 Å². The SMILES string of the molecule is Cc1cccc(C(=O)Nc2cncc(Cl)n2)c1Br. The third-order valence-corrected chi connectivity index (χ3v) is 3.52. The van der Waals surface area contributed by atoms with Crippen molar-refractivity contribution in [2.24, 2.45) is 0 Å². The van der Waals surface area contributed by atoms with E-state index in [2.05, 4.69) is 31.2 Å². The molecule has 0 atom stereocenters. The summed E-state index contributed by atoms with van der Waals surface area (Å²) in [5, 5.41) is 2.87. The number of hydrogen-bond acceptors (Lipinski definition) is 3. The topological polar surface area (TPSA) is 54.9 Å². The highest BCUT2D eigenvalue weighted by Crippen LogP contribution is 2.21. The zero-order valence-electron chi connectivity index (χ0n) is 9.45. The molecule has 1 aromatic heterocycles. The zero-order chi connectivity index (χ0) is 13.1. The molecule has 0 spiro atoms. The number of hydrogen-bond donors (Lipinski definition) is 1. The first-order valence-corrected chi connectivity index (χ1v) is 6.29. The maximum Gasteiger partial charge on any atom is 0.258 e. The molecule has 2 rings (SSSR count). The first kappa shape index (κ1) is 13.0. The van der Waals surface area contributed by atoms with Gasteiger partial charge in [-0.1, -0.05) is 23.7 Å². The lowest BCUT2D eigenvalue weighted by atomic mass is 10.1. The lowest BCUT2D eigenvalue weighted by Crippen LogP contribution is -2.14. The minimum atomic E-state index is -0.262. The van der Waals surface area contributed by atoms with E-state index in [1.807, 2.05) is 19.1 Å². The Kier molecular flexibility index (Phi) is 3.93. The van der Waals surface area contributed by atoms with Gasteiger partial charge in [0.2, 0.25) is 0 Å². The number of carbonyl (C=O) groups excluding carboxylic acids is 1. The maximum atomic E-state index is 12.0. The van der Waals surface area contributed by atoms with E-state index in [-0.39, 0.29) is 11.1 Å². The smallest absolute Gasteiger partial charge is 0.258 e. The van der Waals surface area contributed by atoms with Gasteiger partial charge in [-0.25, -0.2) is 4.98 Å². The second-order valence-corrected chi connectivity index (χ2v) is 4.80. The summed E-state index contributed by atoms with van der Waals surface area (Å²) in [5.41, 5.74) is 1.52. The molecule has 0 aliphatic heterocycles. The standard InChI is InChI=1S/C12H9BrClN3O/c1-7-3-2-4-8(11(7)13)12(18)17-10-6-15-5-9(14)16-10/h2-6H,1H3,(H,16,17,18). The molecule has 0 saturated carbocycles. The largest absolute Gasteiger partial charge is 0.305 e.